The van der Waals surface area contributed by atoms with Crippen molar-refractivity contribution in [3.63, 3.8) is 0 Å². The molecular formula is C10H12BrN3O. The Balaban J connectivity index is 2.76. The smallest absolute Gasteiger partial charge is 0.272 e. The molecule has 0 fully saturated rings. The Morgan fingerprint density at radius 2 is 2.40 bits per heavy atom. The molecule has 0 aromatic carbocycles. The van der Waals surface area contributed by atoms with E-state index < -0.39 is 0 Å². The van der Waals surface area contributed by atoms with Gasteiger partial charge in [-0.2, -0.15) is 0 Å². The molecule has 0 aliphatic heterocycles. The Morgan fingerprint density at radius 3 is 3.07 bits per heavy atom. The van der Waals surface area contributed by atoms with Crippen LogP contribution in [0, 0.1) is 0 Å². The number of hydrogen-bond acceptors (Lipinski definition) is 4. The largest absolute Gasteiger partial charge is 0.384 e. The van der Waals surface area contributed by atoms with Crippen molar-refractivity contribution in [2.24, 2.45) is 5.16 Å². The van der Waals surface area contributed by atoms with Crippen LogP contribution in [0.3, 0.4) is 0 Å². The van der Waals surface area contributed by atoms with Gasteiger partial charge in [-0.05, 0) is 35.0 Å². The summed E-state index contributed by atoms with van der Waals surface area (Å²) >= 11 is 3.32. The van der Waals surface area contributed by atoms with Gasteiger partial charge in [0.2, 0.25) is 0 Å². The van der Waals surface area contributed by atoms with Gasteiger partial charge < -0.3 is 10.2 Å². The van der Waals surface area contributed by atoms with Crippen molar-refractivity contribution < 1.29 is 4.84 Å². The first kappa shape index (κ1) is 11.7. The maximum Gasteiger partial charge on any atom is 0.272 e. The minimum absolute atomic E-state index is 0.446. The van der Waals surface area contributed by atoms with Crippen molar-refractivity contribution in [2.45, 2.75) is 6.92 Å². The number of halogens is 1. The van der Waals surface area contributed by atoms with E-state index >= 15 is 0 Å². The van der Waals surface area contributed by atoms with E-state index in [9.17, 15) is 0 Å². The summed E-state index contributed by atoms with van der Waals surface area (Å²) in [7, 11) is 1.80. The zero-order valence-electron chi connectivity index (χ0n) is 8.57. The van der Waals surface area contributed by atoms with Gasteiger partial charge in [0, 0.05) is 17.7 Å². The molecule has 0 amide bonds. The molecule has 4 nitrogen and oxygen atoms in total. The highest BCUT2D eigenvalue weighted by Gasteiger charge is 2.03. The summed E-state index contributed by atoms with van der Waals surface area (Å²) in [6, 6.07) is 1.87. The van der Waals surface area contributed by atoms with E-state index in [0.717, 1.165) is 10.2 Å². The van der Waals surface area contributed by atoms with Crippen LogP contribution in [-0.4, -0.2) is 18.2 Å². The van der Waals surface area contributed by atoms with Gasteiger partial charge in [-0.1, -0.05) is 11.2 Å². The van der Waals surface area contributed by atoms with E-state index in [1.54, 1.807) is 25.5 Å². The fourth-order valence-corrected chi connectivity index (χ4v) is 1.21. The fourth-order valence-electron chi connectivity index (χ4n) is 0.880. The number of aromatic nitrogens is 1. The quantitative estimate of drug-likeness (QED) is 0.676. The van der Waals surface area contributed by atoms with Crippen LogP contribution in [0.2, 0.25) is 0 Å². The average Bonchev–Trinajstić information content (AvgIpc) is 2.26. The first-order chi connectivity index (χ1) is 7.27. The lowest BCUT2D eigenvalue weighted by atomic mass is 10.4. The van der Waals surface area contributed by atoms with Crippen molar-refractivity contribution in [1.82, 2.24) is 4.98 Å². The second kappa shape index (κ2) is 6.19. The number of allylic oxidation sites excluding steroid dienone is 2. The van der Waals surface area contributed by atoms with Crippen molar-refractivity contribution in [2.75, 3.05) is 12.4 Å². The van der Waals surface area contributed by atoms with Crippen molar-refractivity contribution >= 4 is 27.8 Å². The standard InChI is InChI=1S/C10H12BrN3O/c1-3-4-5-14-15-10-9(12-2)6-8(11)7-13-10/h3-7,12H,1-2H3/b4-3-,14-5?. The van der Waals surface area contributed by atoms with E-state index in [0.29, 0.717) is 5.88 Å². The van der Waals surface area contributed by atoms with Crippen molar-refractivity contribution in [3.05, 3.63) is 28.9 Å². The third kappa shape index (κ3) is 3.71. The molecule has 0 aliphatic rings. The Labute approximate surface area is 97.2 Å². The van der Waals surface area contributed by atoms with Gasteiger partial charge in [-0.3, -0.25) is 0 Å². The summed E-state index contributed by atoms with van der Waals surface area (Å²) in [6.07, 6.45) is 6.85. The summed E-state index contributed by atoms with van der Waals surface area (Å²) < 4.78 is 0.886. The summed E-state index contributed by atoms with van der Waals surface area (Å²) in [5.41, 5.74) is 0.780. The second-order valence-corrected chi connectivity index (χ2v) is 3.54. The number of anilines is 1. The highest BCUT2D eigenvalue weighted by Crippen LogP contribution is 2.24. The molecule has 0 radical (unpaired) electrons. The average molecular weight is 270 g/mol. The first-order valence-corrected chi connectivity index (χ1v) is 5.22. The van der Waals surface area contributed by atoms with E-state index in [2.05, 4.69) is 31.4 Å². The predicted octanol–water partition coefficient (Wildman–Crippen LogP) is 2.83. The second-order valence-electron chi connectivity index (χ2n) is 2.63. The van der Waals surface area contributed by atoms with E-state index in [1.165, 1.54) is 0 Å². The molecule has 0 saturated heterocycles. The zero-order valence-corrected chi connectivity index (χ0v) is 10.2. The van der Waals surface area contributed by atoms with Gasteiger partial charge in [0.05, 0.1) is 6.21 Å². The summed E-state index contributed by atoms with van der Waals surface area (Å²) in [5, 5.41) is 6.71. The molecule has 0 bridgehead atoms. The third-order valence-electron chi connectivity index (χ3n) is 1.57. The van der Waals surface area contributed by atoms with Crippen LogP contribution in [-0.2, 0) is 0 Å². The lowest BCUT2D eigenvalue weighted by Gasteiger charge is -2.04. The normalized spacial score (nSPS) is 11.1. The van der Waals surface area contributed by atoms with E-state index in [-0.39, 0.29) is 0 Å². The number of nitrogens with zero attached hydrogens (tertiary/aromatic N) is 2. The minimum atomic E-state index is 0.446. The molecule has 0 atom stereocenters. The lowest BCUT2D eigenvalue weighted by molar-refractivity contribution is 0.332. The van der Waals surface area contributed by atoms with Gasteiger partial charge in [-0.25, -0.2) is 4.98 Å². The maximum atomic E-state index is 5.11. The SMILES string of the molecule is C/C=C\C=NOc1ncc(Br)cc1NC. The number of hydrogen-bond donors (Lipinski definition) is 1. The molecule has 1 aromatic rings. The highest BCUT2D eigenvalue weighted by atomic mass is 79.9. The molecule has 1 aromatic heterocycles. The molecule has 80 valence electrons. The Kier molecular flexibility index (Phi) is 4.83. The van der Waals surface area contributed by atoms with E-state index in [1.807, 2.05) is 19.1 Å². The molecule has 0 unspecified atom stereocenters. The molecule has 0 saturated carbocycles. The predicted molar refractivity (Wildman–Crippen MR) is 65.4 cm³/mol. The lowest BCUT2D eigenvalue weighted by Crippen LogP contribution is -1.95. The molecule has 1 heterocycles. The van der Waals surface area contributed by atoms with Gasteiger partial charge in [0.15, 0.2) is 0 Å². The maximum absolute atomic E-state index is 5.11. The van der Waals surface area contributed by atoms with Crippen molar-refractivity contribution in [3.8, 4) is 5.88 Å². The van der Waals surface area contributed by atoms with Crippen LogP contribution in [0.4, 0.5) is 5.69 Å². The van der Waals surface area contributed by atoms with Gasteiger partial charge in [0.1, 0.15) is 5.69 Å². The molecule has 15 heavy (non-hydrogen) atoms. The first-order valence-electron chi connectivity index (χ1n) is 4.43. The van der Waals surface area contributed by atoms with Crippen LogP contribution in [0.5, 0.6) is 5.88 Å². The monoisotopic (exact) mass is 269 g/mol. The number of pyridine rings is 1. The van der Waals surface area contributed by atoms with E-state index in [4.69, 9.17) is 4.84 Å². The Hall–Kier alpha value is -1.36. The van der Waals surface area contributed by atoms with Gasteiger partial charge in [0.25, 0.3) is 5.88 Å². The van der Waals surface area contributed by atoms with Crippen LogP contribution in [0.25, 0.3) is 0 Å². The molecule has 0 spiro atoms. The minimum Gasteiger partial charge on any atom is -0.384 e. The summed E-state index contributed by atoms with van der Waals surface area (Å²) in [6.45, 7) is 1.91. The van der Waals surface area contributed by atoms with Crippen LogP contribution < -0.4 is 10.2 Å². The van der Waals surface area contributed by atoms with Crippen LogP contribution in [0.15, 0.2) is 34.0 Å². The highest BCUT2D eigenvalue weighted by molar-refractivity contribution is 9.10. The molecule has 1 N–H and O–H groups in total. The topological polar surface area (TPSA) is 46.5 Å². The Morgan fingerprint density at radius 1 is 1.60 bits per heavy atom. The molecule has 5 heteroatoms. The summed E-state index contributed by atoms with van der Waals surface area (Å²) in [5.74, 6) is 0.446. The van der Waals surface area contributed by atoms with Crippen LogP contribution >= 0.6 is 15.9 Å². The number of oxime groups is 1. The third-order valence-corrected chi connectivity index (χ3v) is 2.00. The molecule has 0 aliphatic carbocycles. The number of rotatable bonds is 4. The van der Waals surface area contributed by atoms with Crippen LogP contribution in [0.1, 0.15) is 6.92 Å². The molecular weight excluding hydrogens is 258 g/mol. The molecule has 1 rings (SSSR count). The van der Waals surface area contributed by atoms with Gasteiger partial charge >= 0.3 is 0 Å². The van der Waals surface area contributed by atoms with Crippen molar-refractivity contribution in [1.29, 1.82) is 0 Å². The summed E-state index contributed by atoms with van der Waals surface area (Å²) in [4.78, 5) is 9.19. The zero-order chi connectivity index (χ0) is 11.1. The van der Waals surface area contributed by atoms with Gasteiger partial charge in [-0.15, -0.1) is 0 Å². The fraction of sp³-hybridized carbons (Fsp3) is 0.200. The number of nitrogens with one attached hydrogen (secondary N) is 1. The Bertz CT molecular complexity index is 377.